The van der Waals surface area contributed by atoms with Gasteiger partial charge in [0.05, 0.1) is 24.0 Å². The fraction of sp³-hybridized carbons (Fsp3) is 0.182. The van der Waals surface area contributed by atoms with E-state index in [9.17, 15) is 18.4 Å². The lowest BCUT2D eigenvalue weighted by Crippen LogP contribution is -2.15. The van der Waals surface area contributed by atoms with Crippen molar-refractivity contribution in [3.05, 3.63) is 133 Å². The van der Waals surface area contributed by atoms with Crippen molar-refractivity contribution in [2.75, 3.05) is 22.1 Å². The highest BCUT2D eigenvalue weighted by molar-refractivity contribution is 6.02. The molecule has 2 aliphatic carbocycles. The summed E-state index contributed by atoms with van der Waals surface area (Å²) in [7, 11) is 0. The van der Waals surface area contributed by atoms with Crippen LogP contribution in [0.1, 0.15) is 47.2 Å². The van der Waals surface area contributed by atoms with Crippen LogP contribution in [0, 0.1) is 37.3 Å². The van der Waals surface area contributed by atoms with Gasteiger partial charge in [-0.2, -0.15) is 0 Å². The molecule has 0 aliphatic heterocycles. The van der Waals surface area contributed by atoms with Crippen molar-refractivity contribution < 1.29 is 18.4 Å². The molecule has 16 heteroatoms. The van der Waals surface area contributed by atoms with Gasteiger partial charge in [-0.1, -0.05) is 0 Å². The van der Waals surface area contributed by atoms with Crippen LogP contribution >= 0.6 is 0 Å². The fourth-order valence-electron chi connectivity index (χ4n) is 7.65. The van der Waals surface area contributed by atoms with Crippen molar-refractivity contribution in [1.82, 2.24) is 39.9 Å². The van der Waals surface area contributed by atoms with Gasteiger partial charge in [0.2, 0.25) is 11.8 Å². The number of carbonyl (C=O) groups is 2. The number of nitrogens with two attached hydrogens (primary N) is 2. The molecule has 0 unspecified atom stereocenters. The molecule has 0 radical (unpaired) electrons. The molecule has 0 spiro atoms. The molecule has 8 N–H and O–H groups in total. The standard InChI is InChI=1S/2C22H19FN6O/c2*1-11-2-3-25-7-16(11)14-4-12-5-19(27-8-17(12)21(24)20(14)23)29-22(30)15-6-13(15)18-9-26-10-28-18/h2*2-5,7-10,13,15H,6,24H2,1H3,(H,26,28)(H,27,29,30)/t2*13-,15-/m10/s1. The number of hydrogen-bond donors (Lipinski definition) is 6. The Kier molecular flexibility index (Phi) is 9.66. The number of nitrogens with zero attached hydrogens (tertiary/aromatic N) is 6. The van der Waals surface area contributed by atoms with E-state index in [0.717, 1.165) is 35.4 Å². The van der Waals surface area contributed by atoms with E-state index in [1.54, 1.807) is 74.1 Å². The third-order valence-electron chi connectivity index (χ3n) is 11.3. The molecular weight excluding hydrogens is 767 g/mol. The number of hydrogen-bond acceptors (Lipinski definition) is 10. The van der Waals surface area contributed by atoms with E-state index in [1.165, 1.54) is 12.4 Å². The number of rotatable bonds is 8. The van der Waals surface area contributed by atoms with Crippen LogP contribution in [0.5, 0.6) is 0 Å². The number of aryl methyl sites for hydroxylation is 2. The van der Waals surface area contributed by atoms with Gasteiger partial charge >= 0.3 is 0 Å². The summed E-state index contributed by atoms with van der Waals surface area (Å²) in [6.07, 6.45) is 17.8. The highest BCUT2D eigenvalue weighted by Gasteiger charge is 2.46. The third kappa shape index (κ3) is 7.23. The molecule has 14 nitrogen and oxygen atoms in total. The maximum atomic E-state index is 14.9. The molecule has 2 fully saturated rings. The number of benzene rings is 2. The molecule has 2 aliphatic rings. The first-order chi connectivity index (χ1) is 29.0. The average molecular weight is 805 g/mol. The molecule has 300 valence electrons. The predicted molar refractivity (Wildman–Crippen MR) is 224 cm³/mol. The van der Waals surface area contributed by atoms with Crippen LogP contribution < -0.4 is 22.1 Å². The number of halogens is 2. The summed E-state index contributed by atoms with van der Waals surface area (Å²) in [6, 6.07) is 10.5. The van der Waals surface area contributed by atoms with Crippen molar-refractivity contribution in [3.8, 4) is 22.3 Å². The maximum Gasteiger partial charge on any atom is 0.229 e. The third-order valence-corrected chi connectivity index (χ3v) is 11.3. The molecule has 6 heterocycles. The maximum absolute atomic E-state index is 14.9. The van der Waals surface area contributed by atoms with E-state index >= 15 is 0 Å². The van der Waals surface area contributed by atoms with Gasteiger partial charge in [-0.3, -0.25) is 19.6 Å². The fourth-order valence-corrected chi connectivity index (χ4v) is 7.65. The molecule has 2 saturated carbocycles. The first kappa shape index (κ1) is 37.9. The molecule has 60 heavy (non-hydrogen) atoms. The van der Waals surface area contributed by atoms with Gasteiger partial charge in [0.1, 0.15) is 11.6 Å². The smallest absolute Gasteiger partial charge is 0.229 e. The van der Waals surface area contributed by atoms with Crippen LogP contribution in [0.2, 0.25) is 0 Å². The minimum absolute atomic E-state index is 0.0256. The Bertz CT molecular complexity index is 2740. The molecule has 8 aromatic rings. The minimum Gasteiger partial charge on any atom is -0.396 e. The van der Waals surface area contributed by atoms with E-state index < -0.39 is 11.6 Å². The number of nitrogens with one attached hydrogen (secondary N) is 4. The summed E-state index contributed by atoms with van der Waals surface area (Å²) in [5.41, 5.74) is 18.0. The number of carbonyl (C=O) groups excluding carboxylic acids is 2. The van der Waals surface area contributed by atoms with Gasteiger partial charge in [0.15, 0.2) is 11.6 Å². The summed E-state index contributed by atoms with van der Waals surface area (Å²) in [5.74, 6) is -0.319. The van der Waals surface area contributed by atoms with E-state index in [2.05, 4.69) is 50.5 Å². The van der Waals surface area contributed by atoms with Crippen molar-refractivity contribution >= 4 is 56.4 Å². The zero-order valence-corrected chi connectivity index (χ0v) is 32.4. The summed E-state index contributed by atoms with van der Waals surface area (Å²) < 4.78 is 29.9. The van der Waals surface area contributed by atoms with Gasteiger partial charge in [-0.05, 0) is 85.0 Å². The Labute approximate surface area is 341 Å². The van der Waals surface area contributed by atoms with Crippen LogP contribution in [-0.4, -0.2) is 51.7 Å². The number of aromatic nitrogens is 8. The number of aromatic amines is 2. The largest absolute Gasteiger partial charge is 0.396 e. The van der Waals surface area contributed by atoms with Gasteiger partial charge in [-0.25, -0.2) is 28.7 Å². The van der Waals surface area contributed by atoms with Crippen molar-refractivity contribution in [2.24, 2.45) is 11.8 Å². The second-order valence-corrected chi connectivity index (χ2v) is 15.2. The number of fused-ring (bicyclic) bond motifs is 2. The average Bonchev–Trinajstić information content (AvgIpc) is 4.09. The second-order valence-electron chi connectivity index (χ2n) is 15.2. The molecule has 0 saturated heterocycles. The van der Waals surface area contributed by atoms with E-state index in [-0.39, 0.29) is 46.9 Å². The van der Waals surface area contributed by atoms with Crippen LogP contribution in [-0.2, 0) is 9.59 Å². The molecule has 2 aromatic carbocycles. The number of anilines is 4. The zero-order valence-electron chi connectivity index (χ0n) is 32.4. The van der Waals surface area contributed by atoms with Gasteiger partial charge < -0.3 is 32.1 Å². The van der Waals surface area contributed by atoms with Crippen LogP contribution in [0.3, 0.4) is 0 Å². The molecule has 4 atom stereocenters. The summed E-state index contributed by atoms with van der Waals surface area (Å²) in [5, 5.41) is 8.10. The van der Waals surface area contributed by atoms with Gasteiger partial charge in [0.25, 0.3) is 0 Å². The molecule has 0 bridgehead atoms. The normalized spacial score (nSPS) is 17.8. The highest BCUT2D eigenvalue weighted by atomic mass is 19.1. The van der Waals surface area contributed by atoms with Crippen molar-refractivity contribution in [2.45, 2.75) is 38.5 Å². The SMILES string of the molecule is Cc1ccncc1-c1cc2cc(NC(=O)[C@@H]3C[C@H]3c3cnc[nH]3)ncc2c(N)c1F.Cc1ccncc1-c1cc2cc(NC(=O)[C@H]3C[C@@H]3c3cnc[nH]3)ncc2c(N)c1F. The van der Waals surface area contributed by atoms with Crippen LogP contribution in [0.4, 0.5) is 31.8 Å². The van der Waals surface area contributed by atoms with E-state index in [1.807, 2.05) is 26.0 Å². The molecule has 6 aromatic heterocycles. The quantitative estimate of drug-likeness (QED) is 0.0827. The minimum atomic E-state index is -0.502. The molecule has 2 amide bonds. The molecular formula is C44H38F2N12O2. The lowest BCUT2D eigenvalue weighted by molar-refractivity contribution is -0.118. The topological polar surface area (TPSA) is 219 Å². The van der Waals surface area contributed by atoms with Gasteiger partial charge in [0, 0.05) is 118 Å². The summed E-state index contributed by atoms with van der Waals surface area (Å²) in [6.45, 7) is 3.78. The highest BCUT2D eigenvalue weighted by Crippen LogP contribution is 2.48. The number of imidazole rings is 2. The predicted octanol–water partition coefficient (Wildman–Crippen LogP) is 7.58. The Morgan fingerprint density at radius 3 is 1.43 bits per heavy atom. The first-order valence-corrected chi connectivity index (χ1v) is 19.2. The van der Waals surface area contributed by atoms with E-state index in [4.69, 9.17) is 11.5 Å². The number of pyridine rings is 4. The van der Waals surface area contributed by atoms with Crippen LogP contribution in [0.15, 0.2) is 98.6 Å². The van der Waals surface area contributed by atoms with Crippen molar-refractivity contribution in [3.63, 3.8) is 0 Å². The Hall–Kier alpha value is -7.62. The monoisotopic (exact) mass is 804 g/mol. The Morgan fingerprint density at radius 1 is 0.617 bits per heavy atom. The Morgan fingerprint density at radius 2 is 1.05 bits per heavy atom. The summed E-state index contributed by atoms with van der Waals surface area (Å²) >= 11 is 0. The lowest BCUT2D eigenvalue weighted by atomic mass is 9.98. The molecule has 10 rings (SSSR count). The Balaban J connectivity index is 0.000000154. The van der Waals surface area contributed by atoms with E-state index in [0.29, 0.717) is 55.4 Å². The van der Waals surface area contributed by atoms with Gasteiger partial charge in [-0.15, -0.1) is 0 Å². The van der Waals surface area contributed by atoms with Crippen molar-refractivity contribution in [1.29, 1.82) is 0 Å². The number of amides is 2. The number of H-pyrrole nitrogens is 2. The number of nitrogen functional groups attached to an aromatic ring is 2. The zero-order chi connectivity index (χ0) is 41.7. The lowest BCUT2D eigenvalue weighted by Gasteiger charge is -2.12. The second kappa shape index (κ2) is 15.3. The summed E-state index contributed by atoms with van der Waals surface area (Å²) in [4.78, 5) is 56.0. The van der Waals surface area contributed by atoms with Crippen LogP contribution in [0.25, 0.3) is 43.8 Å². The first-order valence-electron chi connectivity index (χ1n) is 19.2.